The molecule has 1 aromatic rings. The maximum atomic E-state index is 13.1. The smallest absolute Gasteiger partial charge is 0.328 e. The van der Waals surface area contributed by atoms with Gasteiger partial charge in [-0.25, -0.2) is 13.2 Å². The van der Waals surface area contributed by atoms with Crippen LogP contribution in [0.2, 0.25) is 0 Å². The molecular weight excluding hydrogens is 412 g/mol. The van der Waals surface area contributed by atoms with Crippen molar-refractivity contribution in [2.75, 3.05) is 40.0 Å². The van der Waals surface area contributed by atoms with E-state index in [0.29, 0.717) is 50.5 Å². The highest BCUT2D eigenvalue weighted by Gasteiger charge is 2.40. The number of likely N-dealkylation sites (tertiary alicyclic amines) is 1. The number of fused-ring (bicyclic) bond motifs is 1. The van der Waals surface area contributed by atoms with E-state index in [2.05, 4.69) is 0 Å². The number of carbonyl (C=O) groups excluding carboxylic acids is 2. The predicted octanol–water partition coefficient (Wildman–Crippen LogP) is 1.02. The Kier molecular flexibility index (Phi) is 5.88. The first-order valence-electron chi connectivity index (χ1n) is 10.2. The molecule has 1 amide bonds. The van der Waals surface area contributed by atoms with Gasteiger partial charge in [-0.1, -0.05) is 0 Å². The van der Waals surface area contributed by atoms with Gasteiger partial charge in [0, 0.05) is 31.6 Å². The van der Waals surface area contributed by atoms with E-state index in [9.17, 15) is 18.0 Å². The lowest BCUT2D eigenvalue weighted by molar-refractivity contribution is -0.152. The van der Waals surface area contributed by atoms with Crippen molar-refractivity contribution in [3.63, 3.8) is 0 Å². The molecule has 1 unspecified atom stereocenters. The van der Waals surface area contributed by atoms with E-state index in [1.807, 2.05) is 0 Å². The van der Waals surface area contributed by atoms with Crippen molar-refractivity contribution >= 4 is 21.9 Å². The zero-order valence-electron chi connectivity index (χ0n) is 16.9. The quantitative estimate of drug-likeness (QED) is 0.647. The summed E-state index contributed by atoms with van der Waals surface area (Å²) in [5, 5.41) is 0. The Hall–Kier alpha value is -2.33. The SMILES string of the molecule is COC(=O)C1CCCN1C(=O)C1CCN(S(=O)(=O)c2ccc3c(c2)OCCO3)CC1. The number of esters is 1. The number of nitrogens with zero attached hydrogens (tertiary/aromatic N) is 2. The van der Waals surface area contributed by atoms with Gasteiger partial charge in [-0.3, -0.25) is 4.79 Å². The number of hydrogen-bond acceptors (Lipinski definition) is 7. The molecule has 30 heavy (non-hydrogen) atoms. The molecule has 10 heteroatoms. The third-order valence-corrected chi connectivity index (χ3v) is 7.86. The molecule has 0 aromatic heterocycles. The van der Waals surface area contributed by atoms with E-state index in [0.717, 1.165) is 6.42 Å². The molecular formula is C20H26N2O7S. The molecule has 0 radical (unpaired) electrons. The Morgan fingerprint density at radius 2 is 1.73 bits per heavy atom. The Bertz CT molecular complexity index is 925. The molecule has 3 aliphatic heterocycles. The summed E-state index contributed by atoms with van der Waals surface area (Å²) in [5.41, 5.74) is 0. The van der Waals surface area contributed by atoms with Gasteiger partial charge >= 0.3 is 5.97 Å². The predicted molar refractivity (Wildman–Crippen MR) is 106 cm³/mol. The molecule has 3 aliphatic rings. The number of piperidine rings is 1. The number of ether oxygens (including phenoxy) is 3. The molecule has 0 bridgehead atoms. The second-order valence-electron chi connectivity index (χ2n) is 7.70. The van der Waals surface area contributed by atoms with Crippen molar-refractivity contribution < 1.29 is 32.2 Å². The molecule has 2 saturated heterocycles. The van der Waals surface area contributed by atoms with Crippen LogP contribution >= 0.6 is 0 Å². The molecule has 1 aromatic carbocycles. The number of benzene rings is 1. The minimum Gasteiger partial charge on any atom is -0.486 e. The van der Waals surface area contributed by atoms with Crippen LogP contribution in [0.3, 0.4) is 0 Å². The zero-order valence-corrected chi connectivity index (χ0v) is 17.7. The van der Waals surface area contributed by atoms with Gasteiger partial charge in [-0.15, -0.1) is 0 Å². The Balaban J connectivity index is 1.41. The fourth-order valence-electron chi connectivity index (χ4n) is 4.32. The monoisotopic (exact) mass is 438 g/mol. The molecule has 3 heterocycles. The average Bonchev–Trinajstić information content (AvgIpc) is 3.27. The zero-order chi connectivity index (χ0) is 21.3. The summed E-state index contributed by atoms with van der Waals surface area (Å²) in [6.45, 7) is 1.86. The normalized spacial score (nSPS) is 22.7. The second kappa shape index (κ2) is 8.43. The van der Waals surface area contributed by atoms with E-state index in [1.165, 1.54) is 23.5 Å². The van der Waals surface area contributed by atoms with Crippen molar-refractivity contribution in [1.82, 2.24) is 9.21 Å². The van der Waals surface area contributed by atoms with E-state index < -0.39 is 16.1 Å². The highest BCUT2D eigenvalue weighted by Crippen LogP contribution is 2.34. The number of amides is 1. The molecule has 2 fully saturated rings. The standard InChI is InChI=1S/C20H26N2O7S/c1-27-20(24)16-3-2-8-22(16)19(23)14-6-9-21(10-7-14)30(25,26)15-4-5-17-18(13-15)29-12-11-28-17/h4-5,13-14,16H,2-3,6-12H2,1H3. The van der Waals surface area contributed by atoms with Gasteiger partial charge in [0.2, 0.25) is 15.9 Å². The summed E-state index contributed by atoms with van der Waals surface area (Å²) in [6, 6.07) is 4.09. The van der Waals surface area contributed by atoms with Crippen LogP contribution in [0.1, 0.15) is 25.7 Å². The maximum absolute atomic E-state index is 13.1. The highest BCUT2D eigenvalue weighted by molar-refractivity contribution is 7.89. The van der Waals surface area contributed by atoms with Crippen molar-refractivity contribution in [2.24, 2.45) is 5.92 Å². The minimum absolute atomic E-state index is 0.0840. The number of hydrogen-bond donors (Lipinski definition) is 0. The molecule has 9 nitrogen and oxygen atoms in total. The van der Waals surface area contributed by atoms with Crippen molar-refractivity contribution in [2.45, 2.75) is 36.6 Å². The first-order chi connectivity index (χ1) is 14.4. The third-order valence-electron chi connectivity index (χ3n) is 5.96. The molecule has 0 aliphatic carbocycles. The van der Waals surface area contributed by atoms with Crippen LogP contribution in [0.25, 0.3) is 0 Å². The average molecular weight is 439 g/mol. The van der Waals surface area contributed by atoms with Gasteiger partial charge in [0.15, 0.2) is 11.5 Å². The number of sulfonamides is 1. The topological polar surface area (TPSA) is 102 Å². The maximum Gasteiger partial charge on any atom is 0.328 e. The van der Waals surface area contributed by atoms with E-state index in [1.54, 1.807) is 11.0 Å². The summed E-state index contributed by atoms with van der Waals surface area (Å²) in [6.07, 6.45) is 2.22. The lowest BCUT2D eigenvalue weighted by atomic mass is 9.96. The van der Waals surface area contributed by atoms with Crippen LogP contribution in [0.5, 0.6) is 11.5 Å². The Morgan fingerprint density at radius 1 is 1.03 bits per heavy atom. The van der Waals surface area contributed by atoms with Crippen LogP contribution in [0, 0.1) is 5.92 Å². The van der Waals surface area contributed by atoms with Crippen molar-refractivity contribution in [3.05, 3.63) is 18.2 Å². The van der Waals surface area contributed by atoms with Crippen molar-refractivity contribution in [3.8, 4) is 11.5 Å². The van der Waals surface area contributed by atoms with Gasteiger partial charge in [-0.05, 0) is 37.8 Å². The van der Waals surface area contributed by atoms with Gasteiger partial charge in [-0.2, -0.15) is 4.31 Å². The summed E-state index contributed by atoms with van der Waals surface area (Å²) < 4.78 is 43.3. The van der Waals surface area contributed by atoms with E-state index in [-0.39, 0.29) is 35.8 Å². The van der Waals surface area contributed by atoms with Crippen molar-refractivity contribution in [1.29, 1.82) is 0 Å². The summed E-state index contributed by atoms with van der Waals surface area (Å²) in [5.74, 6) is 0.200. The van der Waals surface area contributed by atoms with Gasteiger partial charge in [0.25, 0.3) is 0 Å². The molecule has 164 valence electrons. The van der Waals surface area contributed by atoms with Crippen LogP contribution in [0.15, 0.2) is 23.1 Å². The first kappa shape index (κ1) is 20.9. The highest BCUT2D eigenvalue weighted by atomic mass is 32.2. The molecule has 0 saturated carbocycles. The molecule has 0 spiro atoms. The largest absolute Gasteiger partial charge is 0.486 e. The van der Waals surface area contributed by atoms with Crippen LogP contribution in [-0.2, 0) is 24.3 Å². The van der Waals surface area contributed by atoms with Gasteiger partial charge in [0.1, 0.15) is 19.3 Å². The fraction of sp³-hybridized carbons (Fsp3) is 0.600. The fourth-order valence-corrected chi connectivity index (χ4v) is 5.81. The molecule has 4 rings (SSSR count). The summed E-state index contributed by atoms with van der Waals surface area (Å²) in [7, 11) is -2.37. The Labute approximate surface area is 175 Å². The number of rotatable bonds is 4. The third kappa shape index (κ3) is 3.85. The Morgan fingerprint density at radius 3 is 2.43 bits per heavy atom. The van der Waals surface area contributed by atoms with Crippen LogP contribution in [0.4, 0.5) is 0 Å². The lowest BCUT2D eigenvalue weighted by Gasteiger charge is -2.33. The van der Waals surface area contributed by atoms with Crippen LogP contribution in [-0.4, -0.2) is 75.5 Å². The van der Waals surface area contributed by atoms with E-state index in [4.69, 9.17) is 14.2 Å². The van der Waals surface area contributed by atoms with Gasteiger partial charge < -0.3 is 19.1 Å². The second-order valence-corrected chi connectivity index (χ2v) is 9.63. The van der Waals surface area contributed by atoms with Gasteiger partial charge in [0.05, 0.1) is 12.0 Å². The minimum atomic E-state index is -3.69. The number of carbonyl (C=O) groups is 2. The number of methoxy groups -OCH3 is 1. The summed E-state index contributed by atoms with van der Waals surface area (Å²) in [4.78, 5) is 26.6. The molecule has 1 atom stereocenters. The lowest BCUT2D eigenvalue weighted by Crippen LogP contribution is -2.47. The summed E-state index contributed by atoms with van der Waals surface area (Å²) >= 11 is 0. The van der Waals surface area contributed by atoms with E-state index >= 15 is 0 Å². The van der Waals surface area contributed by atoms with Crippen LogP contribution < -0.4 is 9.47 Å². The first-order valence-corrected chi connectivity index (χ1v) is 11.6. The molecule has 0 N–H and O–H groups in total.